The molecule has 1 aromatic heterocycles. The summed E-state index contributed by atoms with van der Waals surface area (Å²) in [4.78, 5) is 24.6. The van der Waals surface area contributed by atoms with Gasteiger partial charge in [-0.25, -0.2) is 4.68 Å². The fraction of sp³-hybridized carbons (Fsp3) is 0.353. The van der Waals surface area contributed by atoms with Crippen molar-refractivity contribution in [2.75, 3.05) is 13.6 Å². The number of carboxylic acids is 1. The van der Waals surface area contributed by atoms with Crippen LogP contribution in [0.5, 0.6) is 0 Å². The van der Waals surface area contributed by atoms with Crippen LogP contribution >= 0.6 is 0 Å². The summed E-state index contributed by atoms with van der Waals surface area (Å²) >= 11 is 0. The number of aliphatic carboxylic acids is 1. The lowest BCUT2D eigenvalue weighted by molar-refractivity contribution is -0.137. The quantitative estimate of drug-likeness (QED) is 0.919. The van der Waals surface area contributed by atoms with Crippen molar-refractivity contribution in [2.45, 2.75) is 26.7 Å². The van der Waals surface area contributed by atoms with Crippen LogP contribution in [0.2, 0.25) is 0 Å². The minimum atomic E-state index is -1.04. The standard InChI is InChI=1S/C17H21N3O3/c1-11(2)16-13(17(23)19(4)10-15(21)22)9-18-20(16)14-8-6-5-7-12(14)3/h5-9,11H,10H2,1-4H3,(H,21,22). The number of hydrogen-bond donors (Lipinski definition) is 1. The number of rotatable bonds is 5. The predicted molar refractivity (Wildman–Crippen MR) is 87.0 cm³/mol. The van der Waals surface area contributed by atoms with Crippen LogP contribution in [0.25, 0.3) is 5.69 Å². The average molecular weight is 315 g/mol. The minimum Gasteiger partial charge on any atom is -0.480 e. The zero-order valence-electron chi connectivity index (χ0n) is 13.8. The molecule has 23 heavy (non-hydrogen) atoms. The van der Waals surface area contributed by atoms with Gasteiger partial charge in [-0.1, -0.05) is 32.0 Å². The van der Waals surface area contributed by atoms with Crippen molar-refractivity contribution in [3.05, 3.63) is 47.3 Å². The van der Waals surface area contributed by atoms with Crippen LogP contribution in [-0.2, 0) is 4.79 Å². The van der Waals surface area contributed by atoms with Crippen molar-refractivity contribution in [2.24, 2.45) is 0 Å². The molecule has 0 spiro atoms. The molecule has 2 rings (SSSR count). The first kappa shape index (κ1) is 16.7. The number of nitrogens with zero attached hydrogens (tertiary/aromatic N) is 3. The van der Waals surface area contributed by atoms with Gasteiger partial charge in [-0.15, -0.1) is 0 Å². The first-order valence-corrected chi connectivity index (χ1v) is 7.44. The van der Waals surface area contributed by atoms with E-state index in [1.54, 1.807) is 4.68 Å². The van der Waals surface area contributed by atoms with Gasteiger partial charge in [0.1, 0.15) is 6.54 Å². The monoisotopic (exact) mass is 315 g/mol. The van der Waals surface area contributed by atoms with Crippen molar-refractivity contribution >= 4 is 11.9 Å². The van der Waals surface area contributed by atoms with Crippen LogP contribution in [0.4, 0.5) is 0 Å². The number of carboxylic acid groups (broad SMARTS) is 1. The first-order chi connectivity index (χ1) is 10.8. The number of para-hydroxylation sites is 1. The minimum absolute atomic E-state index is 0.0642. The molecule has 0 saturated heterocycles. The Hall–Kier alpha value is -2.63. The number of amides is 1. The molecule has 2 aromatic rings. The summed E-state index contributed by atoms with van der Waals surface area (Å²) in [5, 5.41) is 13.2. The van der Waals surface area contributed by atoms with Gasteiger partial charge in [-0.05, 0) is 24.5 Å². The molecular weight excluding hydrogens is 294 g/mol. The molecule has 0 saturated carbocycles. The third kappa shape index (κ3) is 3.41. The number of likely N-dealkylation sites (N-methyl/N-ethyl adjacent to an activating group) is 1. The molecule has 0 radical (unpaired) electrons. The summed E-state index contributed by atoms with van der Waals surface area (Å²) in [5.74, 6) is -1.32. The van der Waals surface area contributed by atoms with E-state index in [1.165, 1.54) is 18.1 Å². The normalized spacial score (nSPS) is 10.8. The Morgan fingerprint density at radius 2 is 1.96 bits per heavy atom. The van der Waals surface area contributed by atoms with Crippen molar-refractivity contribution in [3.8, 4) is 5.69 Å². The van der Waals surface area contributed by atoms with Crippen LogP contribution in [0, 0.1) is 6.92 Å². The molecule has 1 heterocycles. The SMILES string of the molecule is Cc1ccccc1-n1ncc(C(=O)N(C)CC(=O)O)c1C(C)C. The molecule has 1 N–H and O–H groups in total. The lowest BCUT2D eigenvalue weighted by Crippen LogP contribution is -2.32. The zero-order chi connectivity index (χ0) is 17.1. The van der Waals surface area contributed by atoms with Gasteiger partial charge < -0.3 is 10.0 Å². The highest BCUT2D eigenvalue weighted by molar-refractivity contribution is 5.96. The number of hydrogen-bond acceptors (Lipinski definition) is 3. The van der Waals surface area contributed by atoms with Crippen LogP contribution in [0.1, 0.15) is 41.4 Å². The van der Waals surface area contributed by atoms with E-state index in [9.17, 15) is 9.59 Å². The molecular formula is C17H21N3O3. The Balaban J connectivity index is 2.50. The molecule has 6 nitrogen and oxygen atoms in total. The van der Waals surface area contributed by atoms with Gasteiger partial charge in [0.15, 0.2) is 0 Å². The largest absolute Gasteiger partial charge is 0.480 e. The van der Waals surface area contributed by atoms with E-state index in [0.717, 1.165) is 16.9 Å². The fourth-order valence-corrected chi connectivity index (χ4v) is 2.55. The Morgan fingerprint density at radius 1 is 1.30 bits per heavy atom. The Morgan fingerprint density at radius 3 is 2.52 bits per heavy atom. The van der Waals surface area contributed by atoms with Gasteiger partial charge in [-0.3, -0.25) is 9.59 Å². The maximum absolute atomic E-state index is 12.5. The number of carbonyl (C=O) groups is 2. The molecule has 0 aliphatic rings. The number of aromatic nitrogens is 2. The molecule has 1 amide bonds. The number of aryl methyl sites for hydroxylation is 1. The van der Waals surface area contributed by atoms with Crippen molar-refractivity contribution in [1.82, 2.24) is 14.7 Å². The summed E-state index contributed by atoms with van der Waals surface area (Å²) in [6.07, 6.45) is 1.52. The summed E-state index contributed by atoms with van der Waals surface area (Å²) in [6, 6.07) is 7.80. The van der Waals surface area contributed by atoms with Gasteiger partial charge in [0.05, 0.1) is 23.1 Å². The van der Waals surface area contributed by atoms with E-state index < -0.39 is 5.97 Å². The average Bonchev–Trinajstić information content (AvgIpc) is 2.90. The third-order valence-corrected chi connectivity index (χ3v) is 3.65. The van der Waals surface area contributed by atoms with Crippen LogP contribution < -0.4 is 0 Å². The molecule has 0 fully saturated rings. The summed E-state index contributed by atoms with van der Waals surface area (Å²) in [6.45, 7) is 5.62. The molecule has 0 atom stereocenters. The lowest BCUT2D eigenvalue weighted by Gasteiger charge is -2.17. The van der Waals surface area contributed by atoms with E-state index in [-0.39, 0.29) is 18.4 Å². The third-order valence-electron chi connectivity index (χ3n) is 3.65. The van der Waals surface area contributed by atoms with Crippen molar-refractivity contribution in [3.63, 3.8) is 0 Å². The second-order valence-electron chi connectivity index (χ2n) is 5.85. The van der Waals surface area contributed by atoms with Crippen molar-refractivity contribution in [1.29, 1.82) is 0 Å². The molecule has 0 aliphatic carbocycles. The Bertz CT molecular complexity index is 734. The van der Waals surface area contributed by atoms with Gasteiger partial charge in [0.25, 0.3) is 5.91 Å². The molecule has 122 valence electrons. The maximum Gasteiger partial charge on any atom is 0.323 e. The molecule has 6 heteroatoms. The second kappa shape index (κ2) is 6.64. The van der Waals surface area contributed by atoms with Gasteiger partial charge in [-0.2, -0.15) is 5.10 Å². The van der Waals surface area contributed by atoms with Gasteiger partial charge >= 0.3 is 5.97 Å². The van der Waals surface area contributed by atoms with Crippen LogP contribution in [0.3, 0.4) is 0 Å². The first-order valence-electron chi connectivity index (χ1n) is 7.44. The molecule has 0 unspecified atom stereocenters. The van der Waals surface area contributed by atoms with E-state index in [1.807, 2.05) is 45.0 Å². The van der Waals surface area contributed by atoms with E-state index >= 15 is 0 Å². The molecule has 1 aromatic carbocycles. The van der Waals surface area contributed by atoms with E-state index in [2.05, 4.69) is 5.10 Å². The Labute approximate surface area is 135 Å². The highest BCUT2D eigenvalue weighted by Crippen LogP contribution is 2.25. The number of carbonyl (C=O) groups excluding carboxylic acids is 1. The number of benzene rings is 1. The highest BCUT2D eigenvalue weighted by Gasteiger charge is 2.24. The Kier molecular flexibility index (Phi) is 4.83. The lowest BCUT2D eigenvalue weighted by atomic mass is 10.0. The summed E-state index contributed by atoms with van der Waals surface area (Å²) < 4.78 is 1.77. The maximum atomic E-state index is 12.5. The summed E-state index contributed by atoms with van der Waals surface area (Å²) in [7, 11) is 1.48. The second-order valence-corrected chi connectivity index (χ2v) is 5.85. The van der Waals surface area contributed by atoms with Crippen LogP contribution in [0.15, 0.2) is 30.5 Å². The summed E-state index contributed by atoms with van der Waals surface area (Å²) in [5.41, 5.74) is 3.18. The molecule has 0 aliphatic heterocycles. The predicted octanol–water partition coefficient (Wildman–Crippen LogP) is 2.46. The highest BCUT2D eigenvalue weighted by atomic mass is 16.4. The van der Waals surface area contributed by atoms with E-state index in [0.29, 0.717) is 5.56 Å². The fourth-order valence-electron chi connectivity index (χ4n) is 2.55. The van der Waals surface area contributed by atoms with Gasteiger partial charge in [0, 0.05) is 7.05 Å². The zero-order valence-corrected chi connectivity index (χ0v) is 13.8. The van der Waals surface area contributed by atoms with Gasteiger partial charge in [0.2, 0.25) is 0 Å². The topological polar surface area (TPSA) is 75.4 Å². The molecule has 0 bridgehead atoms. The van der Waals surface area contributed by atoms with Crippen LogP contribution in [-0.4, -0.2) is 45.3 Å². The van der Waals surface area contributed by atoms with Crippen molar-refractivity contribution < 1.29 is 14.7 Å². The smallest absolute Gasteiger partial charge is 0.323 e. The van der Waals surface area contributed by atoms with E-state index in [4.69, 9.17) is 5.11 Å².